The number of halogens is 2. The average Bonchev–Trinajstić information content (AvgIpc) is 3.46. The van der Waals surface area contributed by atoms with E-state index in [1.807, 2.05) is 26.0 Å². The van der Waals surface area contributed by atoms with Crippen LogP contribution >= 0.6 is 11.3 Å². The first-order chi connectivity index (χ1) is 19.3. The van der Waals surface area contributed by atoms with E-state index in [9.17, 15) is 13.6 Å². The van der Waals surface area contributed by atoms with Crippen molar-refractivity contribution in [1.82, 2.24) is 30.5 Å². The highest BCUT2D eigenvalue weighted by atomic mass is 32.1. The SMILES string of the molecule is CCC(=O)Nc1ncnc(N2CCC(c3nc(-c4nnc(C(F)F)s4)ccc3NCCNC(C)C)CC2)c1CC. The third kappa shape index (κ3) is 7.25. The number of hydrogen-bond donors (Lipinski definition) is 3. The van der Waals surface area contributed by atoms with Gasteiger partial charge < -0.3 is 20.9 Å². The van der Waals surface area contributed by atoms with Gasteiger partial charge in [0, 0.05) is 50.1 Å². The zero-order chi connectivity index (χ0) is 28.6. The summed E-state index contributed by atoms with van der Waals surface area (Å²) in [6, 6.07) is 4.16. The Hall–Kier alpha value is -3.32. The van der Waals surface area contributed by atoms with Crippen LogP contribution in [0.2, 0.25) is 0 Å². The van der Waals surface area contributed by atoms with Crippen molar-refractivity contribution in [2.75, 3.05) is 41.7 Å². The van der Waals surface area contributed by atoms with Gasteiger partial charge >= 0.3 is 0 Å². The van der Waals surface area contributed by atoms with Crippen LogP contribution in [0.15, 0.2) is 18.5 Å². The van der Waals surface area contributed by atoms with Crippen LogP contribution in [0.25, 0.3) is 10.7 Å². The smallest absolute Gasteiger partial charge is 0.291 e. The van der Waals surface area contributed by atoms with Gasteiger partial charge in [0.25, 0.3) is 6.43 Å². The number of rotatable bonds is 12. The average molecular weight is 574 g/mol. The number of anilines is 3. The molecule has 3 aromatic rings. The maximum atomic E-state index is 13.1. The van der Waals surface area contributed by atoms with E-state index in [1.165, 1.54) is 6.33 Å². The lowest BCUT2D eigenvalue weighted by Gasteiger charge is -2.34. The second-order valence-corrected chi connectivity index (χ2v) is 11.0. The molecular weight excluding hydrogens is 536 g/mol. The molecule has 0 radical (unpaired) electrons. The van der Waals surface area contributed by atoms with Crippen LogP contribution in [-0.4, -0.2) is 63.3 Å². The molecule has 3 aromatic heterocycles. The molecule has 40 heavy (non-hydrogen) atoms. The number of piperidine rings is 1. The molecule has 0 aromatic carbocycles. The van der Waals surface area contributed by atoms with Gasteiger partial charge in [0.15, 0.2) is 10.0 Å². The van der Waals surface area contributed by atoms with Crippen LogP contribution in [-0.2, 0) is 11.2 Å². The maximum absolute atomic E-state index is 13.1. The third-order valence-electron chi connectivity index (χ3n) is 6.80. The molecule has 0 saturated carbocycles. The van der Waals surface area contributed by atoms with E-state index in [0.29, 0.717) is 35.4 Å². The number of nitrogens with one attached hydrogen (secondary N) is 3. The lowest BCUT2D eigenvalue weighted by molar-refractivity contribution is -0.115. The van der Waals surface area contributed by atoms with Crippen LogP contribution in [0.4, 0.5) is 26.1 Å². The highest BCUT2D eigenvalue weighted by Crippen LogP contribution is 2.37. The minimum absolute atomic E-state index is 0.0799. The van der Waals surface area contributed by atoms with E-state index in [2.05, 4.69) is 54.9 Å². The summed E-state index contributed by atoms with van der Waals surface area (Å²) >= 11 is 0.871. The molecule has 0 unspecified atom stereocenters. The molecule has 4 rings (SSSR count). The Morgan fingerprint density at radius 1 is 1.12 bits per heavy atom. The summed E-state index contributed by atoms with van der Waals surface area (Å²) in [5.41, 5.74) is 3.32. The van der Waals surface area contributed by atoms with Crippen molar-refractivity contribution >= 4 is 34.6 Å². The molecule has 1 aliphatic heterocycles. The van der Waals surface area contributed by atoms with Crippen LogP contribution in [0, 0.1) is 0 Å². The standard InChI is InChI=1S/C27H37F2N9OS/c1-5-18-24(35-21(39)6-2)32-15-33-25(18)38-13-9-17(10-14-38)22-19(31-12-11-30-16(3)4)7-8-20(34-22)26-36-37-27(40-26)23(28)29/h7-8,15-17,23,30-31H,5-6,9-14H2,1-4H3,(H,32,33,35,39). The lowest BCUT2D eigenvalue weighted by Crippen LogP contribution is -2.35. The van der Waals surface area contributed by atoms with Gasteiger partial charge in [-0.2, -0.15) is 0 Å². The number of pyridine rings is 1. The number of alkyl halides is 2. The number of hydrogen-bond acceptors (Lipinski definition) is 10. The number of aromatic nitrogens is 5. The largest absolute Gasteiger partial charge is 0.382 e. The predicted octanol–water partition coefficient (Wildman–Crippen LogP) is 5.03. The first kappa shape index (κ1) is 29.7. The summed E-state index contributed by atoms with van der Waals surface area (Å²) in [6.07, 6.45) is 1.58. The van der Waals surface area contributed by atoms with Gasteiger partial charge in [0.1, 0.15) is 23.7 Å². The fraction of sp³-hybridized carbons (Fsp3) is 0.556. The molecule has 10 nitrogen and oxygen atoms in total. The Kier molecular flexibility index (Phi) is 10.3. The molecule has 216 valence electrons. The third-order valence-corrected chi connectivity index (χ3v) is 7.75. The summed E-state index contributed by atoms with van der Waals surface area (Å²) < 4.78 is 26.3. The van der Waals surface area contributed by atoms with E-state index in [4.69, 9.17) is 4.98 Å². The summed E-state index contributed by atoms with van der Waals surface area (Å²) in [5.74, 6) is 1.49. The molecule has 13 heteroatoms. The molecule has 3 N–H and O–H groups in total. The predicted molar refractivity (Wildman–Crippen MR) is 154 cm³/mol. The van der Waals surface area contributed by atoms with E-state index >= 15 is 0 Å². The molecule has 0 spiro atoms. The van der Waals surface area contributed by atoms with Crippen molar-refractivity contribution in [3.05, 3.63) is 34.7 Å². The molecule has 1 saturated heterocycles. The van der Waals surface area contributed by atoms with Crippen molar-refractivity contribution in [2.24, 2.45) is 0 Å². The van der Waals surface area contributed by atoms with Crippen LogP contribution in [0.1, 0.15) is 75.6 Å². The molecule has 0 bridgehead atoms. The molecule has 0 aliphatic carbocycles. The second kappa shape index (κ2) is 13.8. The van der Waals surface area contributed by atoms with Gasteiger partial charge in [-0.15, -0.1) is 10.2 Å². The summed E-state index contributed by atoms with van der Waals surface area (Å²) in [6.45, 7) is 11.1. The number of carbonyl (C=O) groups is 1. The van der Waals surface area contributed by atoms with Crippen molar-refractivity contribution in [3.8, 4) is 10.7 Å². The highest BCUT2D eigenvalue weighted by Gasteiger charge is 2.27. The first-order valence-electron chi connectivity index (χ1n) is 13.8. The molecule has 1 amide bonds. The van der Waals surface area contributed by atoms with E-state index < -0.39 is 6.43 Å². The Labute approximate surface area is 237 Å². The fourth-order valence-corrected chi connectivity index (χ4v) is 5.40. The monoisotopic (exact) mass is 573 g/mol. The number of amides is 1. The molecule has 1 fully saturated rings. The highest BCUT2D eigenvalue weighted by molar-refractivity contribution is 7.14. The lowest BCUT2D eigenvalue weighted by atomic mass is 9.91. The zero-order valence-electron chi connectivity index (χ0n) is 23.4. The van der Waals surface area contributed by atoms with E-state index in [1.54, 1.807) is 0 Å². The minimum Gasteiger partial charge on any atom is -0.382 e. The van der Waals surface area contributed by atoms with Gasteiger partial charge in [0.2, 0.25) is 5.91 Å². The molecule has 1 aliphatic rings. The molecule has 4 heterocycles. The fourth-order valence-electron chi connectivity index (χ4n) is 4.73. The second-order valence-electron chi connectivity index (χ2n) is 9.95. The van der Waals surface area contributed by atoms with Crippen LogP contribution in [0.5, 0.6) is 0 Å². The van der Waals surface area contributed by atoms with Crippen molar-refractivity contribution in [2.45, 2.75) is 71.8 Å². The van der Waals surface area contributed by atoms with Gasteiger partial charge in [-0.1, -0.05) is 39.0 Å². The minimum atomic E-state index is -2.66. The Balaban J connectivity index is 1.55. The maximum Gasteiger partial charge on any atom is 0.291 e. The Bertz CT molecular complexity index is 1280. The first-order valence-corrected chi connectivity index (χ1v) is 14.6. The number of nitrogens with zero attached hydrogens (tertiary/aromatic N) is 6. The van der Waals surface area contributed by atoms with Gasteiger partial charge in [-0.05, 0) is 31.4 Å². The summed E-state index contributed by atoms with van der Waals surface area (Å²) in [5, 5.41) is 17.5. The Morgan fingerprint density at radius 3 is 2.55 bits per heavy atom. The van der Waals surface area contributed by atoms with Crippen molar-refractivity contribution in [3.63, 3.8) is 0 Å². The normalized spacial score (nSPS) is 14.2. The van der Waals surface area contributed by atoms with Gasteiger partial charge in [-0.3, -0.25) is 4.79 Å². The molecule has 0 atom stereocenters. The molecular formula is C27H37F2N9OS. The van der Waals surface area contributed by atoms with Gasteiger partial charge in [-0.25, -0.2) is 23.7 Å². The topological polar surface area (TPSA) is 121 Å². The quantitative estimate of drug-likeness (QED) is 0.256. The van der Waals surface area contributed by atoms with Crippen LogP contribution in [0.3, 0.4) is 0 Å². The summed E-state index contributed by atoms with van der Waals surface area (Å²) in [4.78, 5) is 28.1. The Morgan fingerprint density at radius 2 is 1.90 bits per heavy atom. The van der Waals surface area contributed by atoms with E-state index in [-0.39, 0.29) is 16.8 Å². The zero-order valence-corrected chi connectivity index (χ0v) is 24.2. The van der Waals surface area contributed by atoms with Crippen LogP contribution < -0.4 is 20.9 Å². The number of carbonyl (C=O) groups excluding carboxylic acids is 1. The van der Waals surface area contributed by atoms with E-state index in [0.717, 1.165) is 73.1 Å². The summed E-state index contributed by atoms with van der Waals surface area (Å²) in [7, 11) is 0. The van der Waals surface area contributed by atoms with Crippen molar-refractivity contribution < 1.29 is 13.6 Å². The van der Waals surface area contributed by atoms with Gasteiger partial charge in [0.05, 0.1) is 11.4 Å². The van der Waals surface area contributed by atoms with Crippen molar-refractivity contribution in [1.29, 1.82) is 0 Å².